The van der Waals surface area contributed by atoms with Crippen LogP contribution in [0, 0.1) is 5.41 Å². The van der Waals surface area contributed by atoms with Gasteiger partial charge in [0.15, 0.2) is 6.10 Å². The molecule has 1 aliphatic rings. The van der Waals surface area contributed by atoms with Crippen molar-refractivity contribution >= 4 is 23.6 Å². The zero-order valence-electron chi connectivity index (χ0n) is 15.4. The summed E-state index contributed by atoms with van der Waals surface area (Å²) >= 11 is 0. The van der Waals surface area contributed by atoms with Crippen LogP contribution in [0.5, 0.6) is 5.75 Å². The predicted octanol–water partition coefficient (Wildman–Crippen LogP) is 2.55. The molecule has 2 aromatic carbocycles. The maximum atomic E-state index is 12.1. The van der Waals surface area contributed by atoms with Crippen molar-refractivity contribution in [3.8, 4) is 5.75 Å². The second-order valence-corrected chi connectivity index (χ2v) is 6.13. The summed E-state index contributed by atoms with van der Waals surface area (Å²) < 4.78 is 15.9. The smallest absolute Gasteiger partial charge is 0.414 e. The van der Waals surface area contributed by atoms with Crippen LogP contribution in [0.15, 0.2) is 48.5 Å². The Morgan fingerprint density at radius 1 is 1.18 bits per heavy atom. The molecule has 1 amide bonds. The Balaban J connectivity index is 1.55. The molecule has 0 bridgehead atoms. The van der Waals surface area contributed by atoms with E-state index < -0.39 is 12.2 Å². The molecule has 8 nitrogen and oxygen atoms in total. The fourth-order valence-corrected chi connectivity index (χ4v) is 2.73. The molecule has 1 unspecified atom stereocenters. The molecule has 2 aromatic rings. The summed E-state index contributed by atoms with van der Waals surface area (Å²) in [4.78, 5) is 25.3. The third kappa shape index (κ3) is 4.40. The summed E-state index contributed by atoms with van der Waals surface area (Å²) in [5.41, 5.74) is 7.13. The van der Waals surface area contributed by atoms with Crippen LogP contribution in [-0.4, -0.2) is 43.8 Å². The monoisotopic (exact) mass is 383 g/mol. The molecule has 0 saturated carbocycles. The summed E-state index contributed by atoms with van der Waals surface area (Å²) in [6.07, 6.45) is -0.883. The number of hydrogen-bond donors (Lipinski definition) is 2. The number of esters is 1. The average molecular weight is 383 g/mol. The lowest BCUT2D eigenvalue weighted by Gasteiger charge is -2.13. The van der Waals surface area contributed by atoms with Gasteiger partial charge in [0.25, 0.3) is 0 Å². The number of carbonyl (C=O) groups is 2. The van der Waals surface area contributed by atoms with Crippen molar-refractivity contribution in [1.82, 2.24) is 0 Å². The second-order valence-electron chi connectivity index (χ2n) is 6.13. The highest BCUT2D eigenvalue weighted by Gasteiger charge is 2.32. The first-order chi connectivity index (χ1) is 13.5. The van der Waals surface area contributed by atoms with Gasteiger partial charge in [-0.3, -0.25) is 10.3 Å². The Labute approximate surface area is 162 Å². The van der Waals surface area contributed by atoms with E-state index in [0.717, 1.165) is 0 Å². The van der Waals surface area contributed by atoms with Gasteiger partial charge in [0.2, 0.25) is 0 Å². The van der Waals surface area contributed by atoms with Gasteiger partial charge in [0, 0.05) is 11.3 Å². The van der Waals surface area contributed by atoms with Crippen molar-refractivity contribution in [3.05, 3.63) is 59.7 Å². The Hall–Kier alpha value is -3.55. The van der Waals surface area contributed by atoms with Crippen molar-refractivity contribution in [1.29, 1.82) is 5.41 Å². The number of nitrogens with one attached hydrogen (secondary N) is 1. The van der Waals surface area contributed by atoms with E-state index in [9.17, 15) is 9.59 Å². The number of cyclic esters (lactones) is 1. The van der Waals surface area contributed by atoms with E-state index in [1.165, 1.54) is 4.90 Å². The average Bonchev–Trinajstić information content (AvgIpc) is 3.07. The lowest BCUT2D eigenvalue weighted by molar-refractivity contribution is 0.0526. The summed E-state index contributed by atoms with van der Waals surface area (Å²) in [6.45, 7) is 2.60. The number of nitrogens with two attached hydrogens (primary N) is 1. The van der Waals surface area contributed by atoms with Crippen LogP contribution in [0.4, 0.5) is 10.5 Å². The number of ether oxygens (including phenoxy) is 3. The first-order valence-electron chi connectivity index (χ1n) is 8.80. The minimum atomic E-state index is -0.457. The predicted molar refractivity (Wildman–Crippen MR) is 103 cm³/mol. The quantitative estimate of drug-likeness (QED) is 0.431. The molecule has 1 atom stereocenters. The van der Waals surface area contributed by atoms with Crippen LogP contribution in [0.2, 0.25) is 0 Å². The SMILES string of the molecule is CCOC(=O)c1ccc(OCC2CN(c3ccc(C(=N)N)cc3)C(=O)O2)cc1. The first kappa shape index (κ1) is 19.2. The third-order valence-corrected chi connectivity index (χ3v) is 4.17. The molecule has 0 aliphatic carbocycles. The number of anilines is 1. The van der Waals surface area contributed by atoms with Crippen molar-refractivity contribution in [2.24, 2.45) is 5.73 Å². The fraction of sp³-hybridized carbons (Fsp3) is 0.250. The molecular formula is C20H21N3O5. The summed E-state index contributed by atoms with van der Waals surface area (Å²) in [7, 11) is 0. The fourth-order valence-electron chi connectivity index (χ4n) is 2.73. The van der Waals surface area contributed by atoms with Crippen LogP contribution >= 0.6 is 0 Å². The Morgan fingerprint density at radius 2 is 1.82 bits per heavy atom. The first-order valence-corrected chi connectivity index (χ1v) is 8.80. The largest absolute Gasteiger partial charge is 0.490 e. The lowest BCUT2D eigenvalue weighted by atomic mass is 10.2. The number of nitrogens with zero attached hydrogens (tertiary/aromatic N) is 1. The molecule has 0 radical (unpaired) electrons. The van der Waals surface area contributed by atoms with Crippen LogP contribution < -0.4 is 15.4 Å². The van der Waals surface area contributed by atoms with E-state index in [1.54, 1.807) is 55.5 Å². The molecule has 1 aliphatic heterocycles. The Morgan fingerprint density at radius 3 is 2.43 bits per heavy atom. The van der Waals surface area contributed by atoms with Gasteiger partial charge >= 0.3 is 12.1 Å². The third-order valence-electron chi connectivity index (χ3n) is 4.17. The minimum absolute atomic E-state index is 0.0317. The molecule has 3 rings (SSSR count). The highest BCUT2D eigenvalue weighted by atomic mass is 16.6. The molecule has 1 heterocycles. The van der Waals surface area contributed by atoms with Crippen molar-refractivity contribution in [3.63, 3.8) is 0 Å². The topological polar surface area (TPSA) is 115 Å². The van der Waals surface area contributed by atoms with Crippen LogP contribution in [0.1, 0.15) is 22.8 Å². The highest BCUT2D eigenvalue weighted by molar-refractivity contribution is 5.96. The molecule has 28 heavy (non-hydrogen) atoms. The number of hydrogen-bond acceptors (Lipinski definition) is 6. The van der Waals surface area contributed by atoms with Gasteiger partial charge in [-0.25, -0.2) is 9.59 Å². The molecule has 3 N–H and O–H groups in total. The molecule has 0 aromatic heterocycles. The molecular weight excluding hydrogens is 362 g/mol. The Bertz CT molecular complexity index is 864. The van der Waals surface area contributed by atoms with Gasteiger partial charge in [-0.05, 0) is 55.5 Å². The van der Waals surface area contributed by atoms with E-state index in [-0.39, 0.29) is 18.4 Å². The number of amides is 1. The number of nitrogen functional groups attached to an aromatic ring is 1. The zero-order valence-corrected chi connectivity index (χ0v) is 15.4. The van der Waals surface area contributed by atoms with E-state index in [2.05, 4.69) is 0 Å². The maximum Gasteiger partial charge on any atom is 0.414 e. The summed E-state index contributed by atoms with van der Waals surface area (Å²) in [6, 6.07) is 13.4. The van der Waals surface area contributed by atoms with E-state index in [0.29, 0.717) is 35.7 Å². The standard InChI is InChI=1S/C20H21N3O5/c1-2-26-19(24)14-5-9-16(10-6-14)27-12-17-11-23(20(25)28-17)15-7-3-13(4-8-15)18(21)22/h3-10,17H,2,11-12H2,1H3,(H3,21,22). The van der Waals surface area contributed by atoms with E-state index in [1.807, 2.05) is 0 Å². The van der Waals surface area contributed by atoms with Crippen molar-refractivity contribution in [2.75, 3.05) is 24.7 Å². The molecule has 146 valence electrons. The van der Waals surface area contributed by atoms with Gasteiger partial charge in [-0.15, -0.1) is 0 Å². The van der Waals surface area contributed by atoms with Gasteiger partial charge in [0.05, 0.1) is 18.7 Å². The van der Waals surface area contributed by atoms with Crippen molar-refractivity contribution < 1.29 is 23.8 Å². The van der Waals surface area contributed by atoms with Gasteiger partial charge in [0.1, 0.15) is 18.2 Å². The molecule has 0 spiro atoms. The van der Waals surface area contributed by atoms with Gasteiger partial charge < -0.3 is 19.9 Å². The molecule has 1 saturated heterocycles. The normalized spacial score (nSPS) is 15.8. The van der Waals surface area contributed by atoms with Gasteiger partial charge in [-0.2, -0.15) is 0 Å². The molecule has 1 fully saturated rings. The number of rotatable bonds is 7. The lowest BCUT2D eigenvalue weighted by Crippen LogP contribution is -2.26. The van der Waals surface area contributed by atoms with Gasteiger partial charge in [-0.1, -0.05) is 0 Å². The number of carbonyl (C=O) groups excluding carboxylic acids is 2. The summed E-state index contributed by atoms with van der Waals surface area (Å²) in [5.74, 6) is 0.148. The summed E-state index contributed by atoms with van der Waals surface area (Å²) in [5, 5.41) is 7.41. The second kappa shape index (κ2) is 8.43. The van der Waals surface area contributed by atoms with Crippen LogP contribution in [-0.2, 0) is 9.47 Å². The Kier molecular flexibility index (Phi) is 5.78. The van der Waals surface area contributed by atoms with Crippen LogP contribution in [0.3, 0.4) is 0 Å². The van der Waals surface area contributed by atoms with Crippen molar-refractivity contribution in [2.45, 2.75) is 13.0 Å². The number of benzene rings is 2. The van der Waals surface area contributed by atoms with Crippen LogP contribution in [0.25, 0.3) is 0 Å². The minimum Gasteiger partial charge on any atom is -0.490 e. The maximum absolute atomic E-state index is 12.1. The molecule has 8 heteroatoms. The highest BCUT2D eigenvalue weighted by Crippen LogP contribution is 2.23. The zero-order chi connectivity index (χ0) is 20.1. The number of amidine groups is 1. The van der Waals surface area contributed by atoms with E-state index in [4.69, 9.17) is 25.4 Å². The van der Waals surface area contributed by atoms with E-state index >= 15 is 0 Å².